The van der Waals surface area contributed by atoms with Gasteiger partial charge in [-0.2, -0.15) is 13.2 Å². The molecule has 0 unspecified atom stereocenters. The quantitative estimate of drug-likeness (QED) is 0.609. The minimum atomic E-state index is -4.24. The topological polar surface area (TPSA) is 46.5 Å². The maximum absolute atomic E-state index is 11.7. The van der Waals surface area contributed by atoms with E-state index in [-0.39, 0.29) is 13.0 Å². The van der Waals surface area contributed by atoms with E-state index < -0.39 is 18.8 Å². The van der Waals surface area contributed by atoms with Gasteiger partial charge in [-0.1, -0.05) is 25.7 Å². The van der Waals surface area contributed by atoms with Gasteiger partial charge in [-0.3, -0.25) is 4.79 Å². The third-order valence-electron chi connectivity index (χ3n) is 2.20. The van der Waals surface area contributed by atoms with Gasteiger partial charge in [-0.15, -0.1) is 0 Å². The molecule has 0 aliphatic carbocycles. The van der Waals surface area contributed by atoms with E-state index in [0.717, 1.165) is 25.7 Å². The van der Waals surface area contributed by atoms with E-state index in [2.05, 4.69) is 4.74 Å². The molecule has 6 heteroatoms. The Morgan fingerprint density at radius 2 is 1.53 bits per heavy atom. The molecule has 0 radical (unpaired) electrons. The van der Waals surface area contributed by atoms with Crippen molar-refractivity contribution in [2.24, 2.45) is 0 Å². The summed E-state index contributed by atoms with van der Waals surface area (Å²) >= 11 is 0. The summed E-state index contributed by atoms with van der Waals surface area (Å²) in [5.41, 5.74) is 0. The monoisotopic (exact) mass is 256 g/mol. The molecule has 0 saturated carbocycles. The van der Waals surface area contributed by atoms with Crippen LogP contribution in [0.2, 0.25) is 0 Å². The average Bonchev–Trinajstić information content (AvgIpc) is 2.18. The predicted octanol–water partition coefficient (Wildman–Crippen LogP) is 3.38. The van der Waals surface area contributed by atoms with Crippen LogP contribution in [-0.2, 0) is 9.53 Å². The van der Waals surface area contributed by atoms with Gasteiger partial charge in [-0.05, 0) is 12.8 Å². The summed E-state index contributed by atoms with van der Waals surface area (Å²) in [6, 6.07) is 0. The van der Waals surface area contributed by atoms with Crippen molar-refractivity contribution in [2.75, 3.05) is 13.2 Å². The molecule has 0 aromatic heterocycles. The van der Waals surface area contributed by atoms with Crippen LogP contribution in [0.1, 0.15) is 44.9 Å². The van der Waals surface area contributed by atoms with Gasteiger partial charge in [0.1, 0.15) is 6.61 Å². The van der Waals surface area contributed by atoms with Crippen molar-refractivity contribution >= 4 is 5.97 Å². The Balaban J connectivity index is 3.06. The molecule has 102 valence electrons. The predicted molar refractivity (Wildman–Crippen MR) is 56.8 cm³/mol. The molecule has 3 nitrogen and oxygen atoms in total. The SMILES string of the molecule is O=C(O)CCCCCCCCOCC(F)(F)F. The number of carboxylic acids is 1. The van der Waals surface area contributed by atoms with Crippen molar-refractivity contribution < 1.29 is 27.8 Å². The third kappa shape index (κ3) is 15.2. The van der Waals surface area contributed by atoms with Crippen LogP contribution in [0.5, 0.6) is 0 Å². The molecule has 0 spiro atoms. The molecule has 0 fully saturated rings. The number of carbonyl (C=O) groups is 1. The Kier molecular flexibility index (Phi) is 8.85. The summed E-state index contributed by atoms with van der Waals surface area (Å²) in [7, 11) is 0. The van der Waals surface area contributed by atoms with E-state index in [1.807, 2.05) is 0 Å². The highest BCUT2D eigenvalue weighted by molar-refractivity contribution is 5.66. The molecule has 0 aromatic carbocycles. The summed E-state index contributed by atoms with van der Waals surface area (Å²) in [5.74, 6) is -0.787. The zero-order valence-corrected chi connectivity index (χ0v) is 9.76. The first-order valence-corrected chi connectivity index (χ1v) is 5.78. The molecule has 17 heavy (non-hydrogen) atoms. The van der Waals surface area contributed by atoms with E-state index in [9.17, 15) is 18.0 Å². The first-order valence-electron chi connectivity index (χ1n) is 5.78. The average molecular weight is 256 g/mol. The molecule has 0 heterocycles. The molecule has 0 atom stereocenters. The molecule has 1 N–H and O–H groups in total. The van der Waals surface area contributed by atoms with Crippen molar-refractivity contribution in [3.8, 4) is 0 Å². The van der Waals surface area contributed by atoms with E-state index >= 15 is 0 Å². The first kappa shape index (κ1) is 16.2. The summed E-state index contributed by atoms with van der Waals surface area (Å²) in [5, 5.41) is 8.37. The molecule has 0 aromatic rings. The zero-order chi connectivity index (χ0) is 13.1. The van der Waals surface area contributed by atoms with Crippen LogP contribution >= 0.6 is 0 Å². The largest absolute Gasteiger partial charge is 0.481 e. The summed E-state index contributed by atoms with van der Waals surface area (Å²) < 4.78 is 39.4. The number of ether oxygens (including phenoxy) is 1. The highest BCUT2D eigenvalue weighted by atomic mass is 19.4. The number of aliphatic carboxylic acids is 1. The van der Waals surface area contributed by atoms with E-state index in [0.29, 0.717) is 12.8 Å². The van der Waals surface area contributed by atoms with Crippen molar-refractivity contribution in [3.63, 3.8) is 0 Å². The Morgan fingerprint density at radius 3 is 2.06 bits per heavy atom. The lowest BCUT2D eigenvalue weighted by Crippen LogP contribution is -2.17. The van der Waals surface area contributed by atoms with Gasteiger partial charge in [0.05, 0.1) is 0 Å². The third-order valence-corrected chi connectivity index (χ3v) is 2.20. The number of hydrogen-bond donors (Lipinski definition) is 1. The summed E-state index contributed by atoms with van der Waals surface area (Å²) in [6.45, 7) is -1.04. The van der Waals surface area contributed by atoms with Gasteiger partial charge in [0.15, 0.2) is 0 Å². The Hall–Kier alpha value is -0.780. The van der Waals surface area contributed by atoms with Crippen LogP contribution in [0.25, 0.3) is 0 Å². The molecule has 0 amide bonds. The van der Waals surface area contributed by atoms with Gasteiger partial charge in [0.25, 0.3) is 0 Å². The number of rotatable bonds is 10. The van der Waals surface area contributed by atoms with Gasteiger partial charge in [0, 0.05) is 13.0 Å². The minimum Gasteiger partial charge on any atom is -0.481 e. The van der Waals surface area contributed by atoms with Gasteiger partial charge >= 0.3 is 12.1 Å². The zero-order valence-electron chi connectivity index (χ0n) is 9.76. The number of alkyl halides is 3. The maximum Gasteiger partial charge on any atom is 0.411 e. The van der Waals surface area contributed by atoms with Crippen LogP contribution in [0.3, 0.4) is 0 Å². The van der Waals surface area contributed by atoms with Crippen molar-refractivity contribution in [1.82, 2.24) is 0 Å². The molecule has 0 aliphatic rings. The van der Waals surface area contributed by atoms with E-state index in [1.54, 1.807) is 0 Å². The standard InChI is InChI=1S/C11H19F3O3/c12-11(13,14)9-17-8-6-4-2-1-3-5-7-10(15)16/h1-9H2,(H,15,16). The van der Waals surface area contributed by atoms with Crippen molar-refractivity contribution in [2.45, 2.75) is 51.1 Å². The Morgan fingerprint density at radius 1 is 1.00 bits per heavy atom. The van der Waals surface area contributed by atoms with E-state index in [1.165, 1.54) is 0 Å². The second-order valence-electron chi connectivity index (χ2n) is 3.93. The molecule has 0 bridgehead atoms. The highest BCUT2D eigenvalue weighted by Crippen LogP contribution is 2.14. The Labute approximate surface area is 99.0 Å². The van der Waals surface area contributed by atoms with Crippen molar-refractivity contribution in [1.29, 1.82) is 0 Å². The number of halogens is 3. The maximum atomic E-state index is 11.7. The van der Waals surface area contributed by atoms with Crippen LogP contribution < -0.4 is 0 Å². The van der Waals surface area contributed by atoms with Crippen LogP contribution in [0.4, 0.5) is 13.2 Å². The fraction of sp³-hybridized carbons (Fsp3) is 0.909. The summed E-state index contributed by atoms with van der Waals surface area (Å²) in [4.78, 5) is 10.2. The number of carboxylic acid groups (broad SMARTS) is 1. The van der Waals surface area contributed by atoms with Gasteiger partial charge in [-0.25, -0.2) is 0 Å². The number of hydrogen-bond acceptors (Lipinski definition) is 2. The highest BCUT2D eigenvalue weighted by Gasteiger charge is 2.26. The van der Waals surface area contributed by atoms with Crippen molar-refractivity contribution in [3.05, 3.63) is 0 Å². The smallest absolute Gasteiger partial charge is 0.411 e. The first-order chi connectivity index (χ1) is 7.92. The lowest BCUT2D eigenvalue weighted by molar-refractivity contribution is -0.174. The van der Waals surface area contributed by atoms with Crippen LogP contribution in [0.15, 0.2) is 0 Å². The molecule has 0 aliphatic heterocycles. The number of unbranched alkanes of at least 4 members (excludes halogenated alkanes) is 5. The van der Waals surface area contributed by atoms with E-state index in [4.69, 9.17) is 5.11 Å². The molecule has 0 rings (SSSR count). The Bertz CT molecular complexity index is 205. The molecular formula is C11H19F3O3. The van der Waals surface area contributed by atoms with Crippen LogP contribution in [0, 0.1) is 0 Å². The second kappa shape index (κ2) is 9.27. The fourth-order valence-electron chi connectivity index (χ4n) is 1.38. The second-order valence-corrected chi connectivity index (χ2v) is 3.93. The lowest BCUT2D eigenvalue weighted by atomic mass is 10.1. The normalized spacial score (nSPS) is 11.7. The van der Waals surface area contributed by atoms with Gasteiger partial charge in [0.2, 0.25) is 0 Å². The minimum absolute atomic E-state index is 0.134. The summed E-state index contributed by atoms with van der Waals surface area (Å²) in [6.07, 6.45) is 0.753. The van der Waals surface area contributed by atoms with Gasteiger partial charge < -0.3 is 9.84 Å². The lowest BCUT2D eigenvalue weighted by Gasteiger charge is -2.07. The molecule has 0 saturated heterocycles. The fourth-order valence-corrected chi connectivity index (χ4v) is 1.38. The molecular weight excluding hydrogens is 237 g/mol. The van der Waals surface area contributed by atoms with Crippen LogP contribution in [-0.4, -0.2) is 30.5 Å².